The standard InChI is InChI=1S/C19H23NO6S/c1-12(2)24-17-10-14(19(21)25-13(3)4)11-18(20-17)26-15-6-8-16(9-7-15)27(5,22)23/h6-13H,1-5H3. The Balaban J connectivity index is 2.32. The highest BCUT2D eigenvalue weighted by Crippen LogP contribution is 2.26. The molecule has 0 N–H and O–H groups in total. The molecule has 0 bridgehead atoms. The molecule has 1 aromatic carbocycles. The minimum absolute atomic E-state index is 0.135. The number of esters is 1. The van der Waals surface area contributed by atoms with Crippen LogP contribution in [0.25, 0.3) is 0 Å². The molecule has 7 nitrogen and oxygen atoms in total. The molecular formula is C19H23NO6S. The summed E-state index contributed by atoms with van der Waals surface area (Å²) in [6.07, 6.45) is 0.716. The van der Waals surface area contributed by atoms with Crippen LogP contribution in [0, 0.1) is 0 Å². The van der Waals surface area contributed by atoms with E-state index in [1.807, 2.05) is 13.8 Å². The predicted molar refractivity (Wildman–Crippen MR) is 100 cm³/mol. The van der Waals surface area contributed by atoms with Crippen molar-refractivity contribution >= 4 is 15.8 Å². The molecule has 27 heavy (non-hydrogen) atoms. The number of sulfone groups is 1. The monoisotopic (exact) mass is 393 g/mol. The molecule has 0 fully saturated rings. The Labute approximate surface area is 159 Å². The highest BCUT2D eigenvalue weighted by atomic mass is 32.2. The van der Waals surface area contributed by atoms with Gasteiger partial charge in [0.2, 0.25) is 11.8 Å². The van der Waals surface area contributed by atoms with Crippen molar-refractivity contribution in [3.63, 3.8) is 0 Å². The fourth-order valence-corrected chi connectivity index (χ4v) is 2.74. The highest BCUT2D eigenvalue weighted by Gasteiger charge is 2.16. The number of pyridine rings is 1. The number of carbonyl (C=O) groups is 1. The SMILES string of the molecule is CC(C)OC(=O)c1cc(Oc2ccc(S(C)(=O)=O)cc2)nc(OC(C)C)c1. The first-order valence-corrected chi connectivity index (χ1v) is 10.3. The second-order valence-electron chi connectivity index (χ2n) is 6.50. The Kier molecular flexibility index (Phi) is 6.43. The Hall–Kier alpha value is -2.61. The second-order valence-corrected chi connectivity index (χ2v) is 8.51. The summed E-state index contributed by atoms with van der Waals surface area (Å²) in [6, 6.07) is 8.84. The first-order chi connectivity index (χ1) is 12.5. The third-order valence-electron chi connectivity index (χ3n) is 3.19. The van der Waals surface area contributed by atoms with Crippen molar-refractivity contribution in [2.75, 3.05) is 6.26 Å². The lowest BCUT2D eigenvalue weighted by molar-refractivity contribution is 0.0376. The van der Waals surface area contributed by atoms with E-state index >= 15 is 0 Å². The number of hydrogen-bond acceptors (Lipinski definition) is 7. The number of ether oxygens (including phenoxy) is 3. The van der Waals surface area contributed by atoms with Gasteiger partial charge in [-0.1, -0.05) is 0 Å². The van der Waals surface area contributed by atoms with Crippen LogP contribution in [0.1, 0.15) is 38.1 Å². The highest BCUT2D eigenvalue weighted by molar-refractivity contribution is 7.90. The zero-order chi connectivity index (χ0) is 20.2. The van der Waals surface area contributed by atoms with E-state index in [0.29, 0.717) is 5.75 Å². The van der Waals surface area contributed by atoms with Crippen LogP contribution < -0.4 is 9.47 Å². The molecule has 0 aliphatic heterocycles. The minimum atomic E-state index is -3.29. The van der Waals surface area contributed by atoms with Gasteiger partial charge in [-0.2, -0.15) is 4.98 Å². The van der Waals surface area contributed by atoms with E-state index in [1.165, 1.54) is 36.4 Å². The Bertz CT molecular complexity index is 904. The molecule has 1 heterocycles. The number of hydrogen-bond donors (Lipinski definition) is 0. The third kappa shape index (κ3) is 6.25. The molecule has 0 amide bonds. The van der Waals surface area contributed by atoms with Crippen molar-refractivity contribution in [3.05, 3.63) is 42.0 Å². The van der Waals surface area contributed by atoms with Gasteiger partial charge in [-0.3, -0.25) is 0 Å². The van der Waals surface area contributed by atoms with Gasteiger partial charge >= 0.3 is 5.97 Å². The van der Waals surface area contributed by atoms with E-state index in [2.05, 4.69) is 4.98 Å². The summed E-state index contributed by atoms with van der Waals surface area (Å²) in [6.45, 7) is 7.19. The summed E-state index contributed by atoms with van der Waals surface area (Å²) in [5.41, 5.74) is 0.247. The fraction of sp³-hybridized carbons (Fsp3) is 0.368. The predicted octanol–water partition coefficient (Wildman–Crippen LogP) is 3.63. The van der Waals surface area contributed by atoms with Gasteiger partial charge in [0.05, 0.1) is 22.7 Å². The van der Waals surface area contributed by atoms with Gasteiger partial charge in [-0.15, -0.1) is 0 Å². The van der Waals surface area contributed by atoms with Gasteiger partial charge in [0.15, 0.2) is 9.84 Å². The average molecular weight is 393 g/mol. The summed E-state index contributed by atoms with van der Waals surface area (Å²) in [5.74, 6) is 0.222. The molecule has 0 radical (unpaired) electrons. The molecule has 8 heteroatoms. The van der Waals surface area contributed by atoms with Crippen molar-refractivity contribution in [3.8, 4) is 17.5 Å². The maximum Gasteiger partial charge on any atom is 0.338 e. The van der Waals surface area contributed by atoms with E-state index in [9.17, 15) is 13.2 Å². The van der Waals surface area contributed by atoms with Crippen molar-refractivity contribution < 1.29 is 27.4 Å². The van der Waals surface area contributed by atoms with Gasteiger partial charge in [-0.05, 0) is 52.0 Å². The lowest BCUT2D eigenvalue weighted by atomic mass is 10.2. The Morgan fingerprint density at radius 2 is 1.56 bits per heavy atom. The number of carbonyl (C=O) groups excluding carboxylic acids is 1. The third-order valence-corrected chi connectivity index (χ3v) is 4.32. The van der Waals surface area contributed by atoms with E-state index < -0.39 is 15.8 Å². The Morgan fingerprint density at radius 1 is 0.963 bits per heavy atom. The van der Waals surface area contributed by atoms with Crippen LogP contribution in [0.2, 0.25) is 0 Å². The van der Waals surface area contributed by atoms with Crippen molar-refractivity contribution in [1.29, 1.82) is 0 Å². The smallest absolute Gasteiger partial charge is 0.338 e. The first-order valence-electron chi connectivity index (χ1n) is 8.42. The normalized spacial score (nSPS) is 11.5. The van der Waals surface area contributed by atoms with Gasteiger partial charge < -0.3 is 14.2 Å². The average Bonchev–Trinajstić information content (AvgIpc) is 2.53. The van der Waals surface area contributed by atoms with Crippen molar-refractivity contribution in [1.82, 2.24) is 4.98 Å². The second kappa shape index (κ2) is 8.39. The summed E-state index contributed by atoms with van der Waals surface area (Å²) in [7, 11) is -3.29. The molecule has 2 rings (SSSR count). The topological polar surface area (TPSA) is 91.8 Å². The van der Waals surface area contributed by atoms with Crippen LogP contribution in [0.5, 0.6) is 17.5 Å². The summed E-state index contributed by atoms with van der Waals surface area (Å²) >= 11 is 0. The molecule has 0 atom stereocenters. The first kappa shape index (κ1) is 20.7. The van der Waals surface area contributed by atoms with Crippen LogP contribution in [0.4, 0.5) is 0 Å². The summed E-state index contributed by atoms with van der Waals surface area (Å²) < 4.78 is 39.5. The van der Waals surface area contributed by atoms with Crippen LogP contribution in [-0.2, 0) is 14.6 Å². The molecular weight excluding hydrogens is 370 g/mol. The zero-order valence-electron chi connectivity index (χ0n) is 15.9. The zero-order valence-corrected chi connectivity index (χ0v) is 16.7. The van der Waals surface area contributed by atoms with E-state index in [4.69, 9.17) is 14.2 Å². The van der Waals surface area contributed by atoms with Gasteiger partial charge in [0.1, 0.15) is 5.75 Å². The van der Waals surface area contributed by atoms with Crippen LogP contribution >= 0.6 is 0 Å². The van der Waals surface area contributed by atoms with Crippen LogP contribution in [0.15, 0.2) is 41.3 Å². The van der Waals surface area contributed by atoms with Crippen LogP contribution in [0.3, 0.4) is 0 Å². The summed E-state index contributed by atoms with van der Waals surface area (Å²) in [5, 5.41) is 0. The van der Waals surface area contributed by atoms with Crippen LogP contribution in [-0.4, -0.2) is 37.8 Å². The molecule has 0 saturated heterocycles. The van der Waals surface area contributed by atoms with Gasteiger partial charge in [0, 0.05) is 18.4 Å². The van der Waals surface area contributed by atoms with E-state index in [-0.39, 0.29) is 34.4 Å². The number of nitrogens with zero attached hydrogens (tertiary/aromatic N) is 1. The van der Waals surface area contributed by atoms with E-state index in [0.717, 1.165) is 6.26 Å². The van der Waals surface area contributed by atoms with Gasteiger partial charge in [0.25, 0.3) is 0 Å². The number of benzene rings is 1. The molecule has 0 spiro atoms. The molecule has 0 unspecified atom stereocenters. The molecule has 1 aromatic heterocycles. The maximum absolute atomic E-state index is 12.2. The quantitative estimate of drug-likeness (QED) is 0.663. The lowest BCUT2D eigenvalue weighted by Gasteiger charge is -2.13. The molecule has 146 valence electrons. The van der Waals surface area contributed by atoms with Crippen molar-refractivity contribution in [2.24, 2.45) is 0 Å². The minimum Gasteiger partial charge on any atom is -0.475 e. The molecule has 0 aliphatic carbocycles. The van der Waals surface area contributed by atoms with E-state index in [1.54, 1.807) is 13.8 Å². The number of aromatic nitrogens is 1. The molecule has 0 saturated carbocycles. The van der Waals surface area contributed by atoms with Crippen molar-refractivity contribution in [2.45, 2.75) is 44.8 Å². The van der Waals surface area contributed by atoms with Gasteiger partial charge in [-0.25, -0.2) is 13.2 Å². The maximum atomic E-state index is 12.2. The summed E-state index contributed by atoms with van der Waals surface area (Å²) in [4.78, 5) is 16.6. The largest absolute Gasteiger partial charge is 0.475 e. The fourth-order valence-electron chi connectivity index (χ4n) is 2.11. The lowest BCUT2D eigenvalue weighted by Crippen LogP contribution is -2.13. The molecule has 2 aromatic rings. The molecule has 0 aliphatic rings. The number of rotatable bonds is 7. The Morgan fingerprint density at radius 3 is 2.07 bits per heavy atom.